The number of carbonyl (C=O) groups excluding carboxylic acids is 2. The Balaban J connectivity index is 1.53. The Morgan fingerprint density at radius 2 is 1.92 bits per heavy atom. The summed E-state index contributed by atoms with van der Waals surface area (Å²) in [6, 6.07) is 5.93. The van der Waals surface area contributed by atoms with Gasteiger partial charge in [0.25, 0.3) is 5.91 Å². The van der Waals surface area contributed by atoms with E-state index in [1.54, 1.807) is 19.2 Å². The van der Waals surface area contributed by atoms with Crippen molar-refractivity contribution in [3.05, 3.63) is 63.5 Å². The largest absolute Gasteiger partial charge is 0.496 e. The molecule has 0 bridgehead atoms. The van der Waals surface area contributed by atoms with E-state index in [2.05, 4.69) is 5.32 Å². The molecule has 2 aliphatic rings. The Hall–Kier alpha value is -2.82. The average molecular weight is 562 g/mol. The van der Waals surface area contributed by atoms with Crippen molar-refractivity contribution in [3.8, 4) is 5.75 Å². The number of fused-ring (bicyclic) bond motifs is 1. The van der Waals surface area contributed by atoms with Gasteiger partial charge >= 0.3 is 0 Å². The molecule has 0 saturated carbocycles. The minimum atomic E-state index is -3.09. The van der Waals surface area contributed by atoms with E-state index < -0.39 is 27.8 Å². The highest BCUT2D eigenvalue weighted by molar-refractivity contribution is 7.90. The Morgan fingerprint density at radius 3 is 2.62 bits per heavy atom. The second-order valence-corrected chi connectivity index (χ2v) is 12.7. The zero-order valence-electron chi connectivity index (χ0n) is 22.4. The van der Waals surface area contributed by atoms with E-state index in [0.717, 1.165) is 42.2 Å². The van der Waals surface area contributed by atoms with Crippen molar-refractivity contribution in [1.29, 1.82) is 0 Å². The number of halogens is 1. The predicted octanol–water partition coefficient (Wildman–Crippen LogP) is 3.19. The number of unbranched alkanes of at least 4 members (excludes halogenated alkanes) is 1. The summed E-state index contributed by atoms with van der Waals surface area (Å²) >= 11 is 0. The molecule has 1 aliphatic heterocycles. The maximum absolute atomic E-state index is 15.0. The molecule has 1 amide bonds. The average Bonchev–Trinajstić information content (AvgIpc) is 3.37. The molecule has 0 aromatic heterocycles. The summed E-state index contributed by atoms with van der Waals surface area (Å²) in [5.74, 6) is -0.766. The number of nitrogens with one attached hydrogen (secondary N) is 1. The van der Waals surface area contributed by atoms with Crippen LogP contribution in [0, 0.1) is 5.82 Å². The smallest absolute Gasteiger partial charge is 0.255 e. The van der Waals surface area contributed by atoms with E-state index in [0.29, 0.717) is 49.2 Å². The molecule has 4 rings (SSSR count). The molecule has 1 aliphatic carbocycles. The van der Waals surface area contributed by atoms with Gasteiger partial charge in [-0.25, -0.2) is 12.8 Å². The standard InChI is InChI=1S/C29H36FNO7S/c1-37-28-21-7-5-6-20(21)19(16-23(28)29(34)31-25-11-12-38-17-27(25)33)14-18-9-10-22(24(30)15-18)26(32)8-3-4-13-39(2,35)36/h9-10,15-16,25,27,33H,3-8,11-14,17H2,1-2H3,(H,31,34)/t25-,27-/m0/s1. The first-order chi connectivity index (χ1) is 18.6. The first kappa shape index (κ1) is 29.2. The van der Waals surface area contributed by atoms with Gasteiger partial charge < -0.3 is 19.9 Å². The van der Waals surface area contributed by atoms with Crippen LogP contribution in [0.4, 0.5) is 4.39 Å². The summed E-state index contributed by atoms with van der Waals surface area (Å²) in [5, 5.41) is 13.1. The molecule has 39 heavy (non-hydrogen) atoms. The first-order valence-corrected chi connectivity index (χ1v) is 15.4. The molecule has 212 valence electrons. The summed E-state index contributed by atoms with van der Waals surface area (Å²) < 4.78 is 48.4. The first-order valence-electron chi connectivity index (χ1n) is 13.3. The van der Waals surface area contributed by atoms with Gasteiger partial charge in [-0.3, -0.25) is 9.59 Å². The van der Waals surface area contributed by atoms with Crippen LogP contribution in [-0.2, 0) is 33.8 Å². The molecule has 0 unspecified atom stereocenters. The number of rotatable bonds is 11. The number of carbonyl (C=O) groups is 2. The molecule has 0 radical (unpaired) electrons. The van der Waals surface area contributed by atoms with Crippen molar-refractivity contribution in [2.24, 2.45) is 0 Å². The monoisotopic (exact) mass is 561 g/mol. The molecule has 1 saturated heterocycles. The maximum atomic E-state index is 15.0. The van der Waals surface area contributed by atoms with E-state index in [1.165, 1.54) is 12.1 Å². The van der Waals surface area contributed by atoms with Gasteiger partial charge in [-0.05, 0) is 85.4 Å². The SMILES string of the molecule is COc1c(C(=O)N[C@H]2CCOC[C@@H]2O)cc(Cc2ccc(C(=O)CCCCS(C)(=O)=O)c(F)c2)c2c1CCC2. The number of sulfone groups is 1. The molecule has 0 spiro atoms. The second kappa shape index (κ2) is 12.6. The van der Waals surface area contributed by atoms with Crippen molar-refractivity contribution in [2.75, 3.05) is 32.3 Å². The number of Topliss-reactive ketones (excluding diaryl/α,β-unsaturated/α-hetero) is 1. The number of aliphatic hydroxyl groups is 1. The molecule has 1 fully saturated rings. The molecule has 2 atom stereocenters. The number of ether oxygens (including phenoxy) is 2. The molecular formula is C29H36FNO7S. The molecule has 10 heteroatoms. The van der Waals surface area contributed by atoms with Gasteiger partial charge in [-0.2, -0.15) is 0 Å². The van der Waals surface area contributed by atoms with Gasteiger partial charge in [0.2, 0.25) is 0 Å². The van der Waals surface area contributed by atoms with Gasteiger partial charge in [0, 0.05) is 25.0 Å². The van der Waals surface area contributed by atoms with Crippen molar-refractivity contribution in [2.45, 2.75) is 63.5 Å². The summed E-state index contributed by atoms with van der Waals surface area (Å²) in [6.07, 6.45) is 4.59. The third kappa shape index (κ3) is 7.23. The zero-order valence-corrected chi connectivity index (χ0v) is 23.2. The van der Waals surface area contributed by atoms with Crippen LogP contribution in [0.5, 0.6) is 5.75 Å². The summed E-state index contributed by atoms with van der Waals surface area (Å²) in [6.45, 7) is 0.627. The summed E-state index contributed by atoms with van der Waals surface area (Å²) in [5.41, 5.74) is 4.03. The van der Waals surface area contributed by atoms with E-state index in [4.69, 9.17) is 9.47 Å². The number of methoxy groups -OCH3 is 1. The lowest BCUT2D eigenvalue weighted by molar-refractivity contribution is -0.0261. The third-order valence-corrected chi connectivity index (χ3v) is 8.46. The third-order valence-electron chi connectivity index (χ3n) is 7.43. The van der Waals surface area contributed by atoms with Crippen LogP contribution in [-0.4, -0.2) is 69.7 Å². The van der Waals surface area contributed by atoms with Crippen molar-refractivity contribution < 1.29 is 37.0 Å². The van der Waals surface area contributed by atoms with Crippen LogP contribution in [0.15, 0.2) is 24.3 Å². The minimum absolute atomic E-state index is 0.00352. The molecular weight excluding hydrogens is 525 g/mol. The molecule has 8 nitrogen and oxygen atoms in total. The number of aliphatic hydroxyl groups excluding tert-OH is 1. The topological polar surface area (TPSA) is 119 Å². The van der Waals surface area contributed by atoms with Crippen molar-refractivity contribution in [3.63, 3.8) is 0 Å². The lowest BCUT2D eigenvalue weighted by atomic mass is 9.92. The van der Waals surface area contributed by atoms with Crippen LogP contribution >= 0.6 is 0 Å². The Morgan fingerprint density at radius 1 is 1.15 bits per heavy atom. The molecule has 1 heterocycles. The molecule has 2 N–H and O–H groups in total. The number of hydrogen-bond donors (Lipinski definition) is 2. The Kier molecular flexibility index (Phi) is 9.40. The second-order valence-electron chi connectivity index (χ2n) is 10.4. The quantitative estimate of drug-likeness (QED) is 0.320. The number of ketones is 1. The number of hydrogen-bond acceptors (Lipinski definition) is 7. The maximum Gasteiger partial charge on any atom is 0.255 e. The van der Waals surface area contributed by atoms with E-state index in [1.807, 2.05) is 0 Å². The fourth-order valence-electron chi connectivity index (χ4n) is 5.43. The van der Waals surface area contributed by atoms with Crippen molar-refractivity contribution in [1.82, 2.24) is 5.32 Å². The van der Waals surface area contributed by atoms with E-state index in [9.17, 15) is 27.5 Å². The lowest BCUT2D eigenvalue weighted by Gasteiger charge is -2.29. The predicted molar refractivity (Wildman–Crippen MR) is 145 cm³/mol. The van der Waals surface area contributed by atoms with Crippen LogP contribution in [0.3, 0.4) is 0 Å². The van der Waals surface area contributed by atoms with E-state index >= 15 is 0 Å². The minimum Gasteiger partial charge on any atom is -0.496 e. The van der Waals surface area contributed by atoms with Crippen LogP contribution in [0.2, 0.25) is 0 Å². The zero-order chi connectivity index (χ0) is 28.2. The van der Waals surface area contributed by atoms with Gasteiger partial charge in [0.15, 0.2) is 5.78 Å². The van der Waals surface area contributed by atoms with Crippen LogP contribution in [0.25, 0.3) is 0 Å². The lowest BCUT2D eigenvalue weighted by Crippen LogP contribution is -2.48. The molecule has 2 aromatic rings. The van der Waals surface area contributed by atoms with Gasteiger partial charge in [0.1, 0.15) is 21.4 Å². The van der Waals surface area contributed by atoms with E-state index in [-0.39, 0.29) is 36.0 Å². The van der Waals surface area contributed by atoms with Gasteiger partial charge in [0.05, 0.1) is 37.0 Å². The Labute approximate surface area is 228 Å². The van der Waals surface area contributed by atoms with Gasteiger partial charge in [-0.1, -0.05) is 6.07 Å². The highest BCUT2D eigenvalue weighted by Crippen LogP contribution is 2.37. The van der Waals surface area contributed by atoms with Gasteiger partial charge in [-0.15, -0.1) is 0 Å². The fraction of sp³-hybridized carbons (Fsp3) is 0.517. The van der Waals surface area contributed by atoms with Crippen LogP contribution < -0.4 is 10.1 Å². The van der Waals surface area contributed by atoms with Crippen LogP contribution in [0.1, 0.15) is 75.1 Å². The summed E-state index contributed by atoms with van der Waals surface area (Å²) in [7, 11) is -1.55. The highest BCUT2D eigenvalue weighted by Gasteiger charge is 2.30. The highest BCUT2D eigenvalue weighted by atomic mass is 32.2. The normalized spacial score (nSPS) is 19.0. The molecule has 2 aromatic carbocycles. The van der Waals surface area contributed by atoms with Crippen molar-refractivity contribution >= 4 is 21.5 Å². The number of benzene rings is 2. The fourth-order valence-corrected chi connectivity index (χ4v) is 6.16. The summed E-state index contributed by atoms with van der Waals surface area (Å²) in [4.78, 5) is 25.8. The number of amides is 1. The Bertz CT molecular complexity index is 1340.